The molecule has 0 aliphatic heterocycles. The Kier molecular flexibility index (Phi) is 3.14. The van der Waals surface area contributed by atoms with Gasteiger partial charge in [-0.3, -0.25) is 4.79 Å². The summed E-state index contributed by atoms with van der Waals surface area (Å²) in [6, 6.07) is 0.283. The highest BCUT2D eigenvalue weighted by Crippen LogP contribution is 2.31. The van der Waals surface area contributed by atoms with E-state index in [1.54, 1.807) is 5.38 Å². The lowest BCUT2D eigenvalue weighted by Gasteiger charge is -2.18. The van der Waals surface area contributed by atoms with E-state index in [-0.39, 0.29) is 11.9 Å². The SMILES string of the molecule is CC1CCC(NC(=O)c2csc(N)n2)C1C. The second kappa shape index (κ2) is 4.41. The molecule has 0 saturated heterocycles. The number of nitrogens with one attached hydrogen (secondary N) is 1. The fourth-order valence-corrected chi connectivity index (χ4v) is 2.75. The Balaban J connectivity index is 1.98. The summed E-state index contributed by atoms with van der Waals surface area (Å²) in [4.78, 5) is 15.8. The van der Waals surface area contributed by atoms with E-state index < -0.39 is 0 Å². The van der Waals surface area contributed by atoms with Gasteiger partial charge in [-0.2, -0.15) is 0 Å². The first-order chi connectivity index (χ1) is 7.58. The van der Waals surface area contributed by atoms with Crippen molar-refractivity contribution in [3.05, 3.63) is 11.1 Å². The zero-order valence-electron chi connectivity index (χ0n) is 9.56. The maximum absolute atomic E-state index is 11.8. The molecule has 0 aromatic carbocycles. The van der Waals surface area contributed by atoms with Crippen molar-refractivity contribution >= 4 is 22.4 Å². The molecule has 3 N–H and O–H groups in total. The van der Waals surface area contributed by atoms with E-state index >= 15 is 0 Å². The molecule has 4 nitrogen and oxygen atoms in total. The highest BCUT2D eigenvalue weighted by molar-refractivity contribution is 7.13. The number of nitrogens with zero attached hydrogens (tertiary/aromatic N) is 1. The smallest absolute Gasteiger partial charge is 0.271 e. The molecule has 1 saturated carbocycles. The van der Waals surface area contributed by atoms with Gasteiger partial charge in [-0.25, -0.2) is 4.98 Å². The van der Waals surface area contributed by atoms with Crippen LogP contribution in [0.2, 0.25) is 0 Å². The van der Waals surface area contributed by atoms with E-state index in [1.165, 1.54) is 17.8 Å². The van der Waals surface area contributed by atoms with Gasteiger partial charge in [-0.1, -0.05) is 13.8 Å². The summed E-state index contributed by atoms with van der Waals surface area (Å²) in [6.45, 7) is 4.43. The van der Waals surface area contributed by atoms with Crippen molar-refractivity contribution in [3.63, 3.8) is 0 Å². The van der Waals surface area contributed by atoms with Crippen LogP contribution in [0.25, 0.3) is 0 Å². The van der Waals surface area contributed by atoms with Crippen LogP contribution in [0, 0.1) is 11.8 Å². The number of hydrogen-bond donors (Lipinski definition) is 2. The molecule has 16 heavy (non-hydrogen) atoms. The maximum Gasteiger partial charge on any atom is 0.271 e. The first-order valence-corrected chi connectivity index (χ1v) is 6.47. The second-order valence-corrected chi connectivity index (χ2v) is 5.45. The van der Waals surface area contributed by atoms with Crippen molar-refractivity contribution < 1.29 is 4.79 Å². The Hall–Kier alpha value is -1.10. The Morgan fingerprint density at radius 2 is 2.31 bits per heavy atom. The molecule has 0 bridgehead atoms. The van der Waals surface area contributed by atoms with Gasteiger partial charge < -0.3 is 11.1 Å². The van der Waals surface area contributed by atoms with Gasteiger partial charge in [0.25, 0.3) is 5.91 Å². The van der Waals surface area contributed by atoms with Crippen LogP contribution in [0.5, 0.6) is 0 Å². The van der Waals surface area contributed by atoms with Gasteiger partial charge in [0.05, 0.1) is 0 Å². The fraction of sp³-hybridized carbons (Fsp3) is 0.636. The molecule has 1 heterocycles. The third-order valence-corrected chi connectivity index (χ3v) is 4.21. The number of nitrogen functional groups attached to an aromatic ring is 1. The number of hydrogen-bond acceptors (Lipinski definition) is 4. The zero-order chi connectivity index (χ0) is 11.7. The van der Waals surface area contributed by atoms with Crippen molar-refractivity contribution in [2.75, 3.05) is 5.73 Å². The molecule has 3 unspecified atom stereocenters. The summed E-state index contributed by atoms with van der Waals surface area (Å²) in [5.74, 6) is 1.13. The van der Waals surface area contributed by atoms with E-state index in [4.69, 9.17) is 5.73 Å². The minimum atomic E-state index is -0.0982. The lowest BCUT2D eigenvalue weighted by atomic mass is 9.98. The van der Waals surface area contributed by atoms with E-state index in [0.717, 1.165) is 6.42 Å². The van der Waals surface area contributed by atoms with Crippen LogP contribution >= 0.6 is 11.3 Å². The average molecular weight is 239 g/mol. The Morgan fingerprint density at radius 3 is 2.81 bits per heavy atom. The summed E-state index contributed by atoms with van der Waals surface area (Å²) < 4.78 is 0. The number of anilines is 1. The van der Waals surface area contributed by atoms with Gasteiger partial charge in [0.15, 0.2) is 5.13 Å². The van der Waals surface area contributed by atoms with Crippen molar-refractivity contribution in [1.29, 1.82) is 0 Å². The summed E-state index contributed by atoms with van der Waals surface area (Å²) in [5.41, 5.74) is 5.94. The van der Waals surface area contributed by atoms with E-state index in [1.807, 2.05) is 0 Å². The summed E-state index contributed by atoms with van der Waals surface area (Å²) >= 11 is 1.30. The summed E-state index contributed by atoms with van der Waals surface area (Å²) in [6.07, 6.45) is 2.25. The number of aromatic nitrogens is 1. The van der Waals surface area contributed by atoms with E-state index in [0.29, 0.717) is 22.7 Å². The molecular weight excluding hydrogens is 222 g/mol. The largest absolute Gasteiger partial charge is 0.375 e. The first-order valence-electron chi connectivity index (χ1n) is 5.60. The molecule has 1 amide bonds. The molecule has 1 aromatic heterocycles. The van der Waals surface area contributed by atoms with Crippen LogP contribution in [-0.4, -0.2) is 16.9 Å². The van der Waals surface area contributed by atoms with Crippen LogP contribution in [0.4, 0.5) is 5.13 Å². The molecule has 1 aliphatic rings. The van der Waals surface area contributed by atoms with E-state index in [9.17, 15) is 4.79 Å². The van der Waals surface area contributed by atoms with E-state index in [2.05, 4.69) is 24.1 Å². The molecule has 0 spiro atoms. The summed E-state index contributed by atoms with van der Waals surface area (Å²) in [5, 5.41) is 5.18. The number of carbonyl (C=O) groups is 1. The third-order valence-electron chi connectivity index (χ3n) is 3.54. The molecule has 0 radical (unpaired) electrons. The molecule has 1 aromatic rings. The number of thiazole rings is 1. The molecule has 2 rings (SSSR count). The zero-order valence-corrected chi connectivity index (χ0v) is 10.4. The molecular formula is C11H17N3OS. The number of carbonyl (C=O) groups excluding carboxylic acids is 1. The molecule has 88 valence electrons. The van der Waals surface area contributed by atoms with Gasteiger partial charge in [0, 0.05) is 11.4 Å². The molecule has 3 atom stereocenters. The van der Waals surface area contributed by atoms with Crippen molar-refractivity contribution in [3.8, 4) is 0 Å². The predicted molar refractivity (Wildman–Crippen MR) is 65.3 cm³/mol. The topological polar surface area (TPSA) is 68.0 Å². The predicted octanol–water partition coefficient (Wildman–Crippen LogP) is 1.89. The lowest BCUT2D eigenvalue weighted by molar-refractivity contribution is 0.0923. The normalized spacial score (nSPS) is 29.2. The van der Waals surface area contributed by atoms with Gasteiger partial charge in [0.2, 0.25) is 0 Å². The van der Waals surface area contributed by atoms with Crippen LogP contribution in [0.3, 0.4) is 0 Å². The summed E-state index contributed by atoms with van der Waals surface area (Å²) in [7, 11) is 0. The van der Waals surface area contributed by atoms with Crippen molar-refractivity contribution in [1.82, 2.24) is 10.3 Å². The van der Waals surface area contributed by atoms with Crippen molar-refractivity contribution in [2.24, 2.45) is 11.8 Å². The lowest BCUT2D eigenvalue weighted by Crippen LogP contribution is -2.37. The minimum absolute atomic E-state index is 0.0982. The highest BCUT2D eigenvalue weighted by atomic mass is 32.1. The van der Waals surface area contributed by atoms with Gasteiger partial charge in [-0.05, 0) is 24.7 Å². The Labute approximate surface area is 99.3 Å². The standard InChI is InChI=1S/C11H17N3OS/c1-6-3-4-8(7(6)2)13-10(15)9-5-16-11(12)14-9/h5-8H,3-4H2,1-2H3,(H2,12,14)(H,13,15). The Bertz CT molecular complexity index is 390. The highest BCUT2D eigenvalue weighted by Gasteiger charge is 2.31. The quantitative estimate of drug-likeness (QED) is 0.828. The molecule has 1 aliphatic carbocycles. The fourth-order valence-electron chi connectivity index (χ4n) is 2.20. The number of rotatable bonds is 2. The Morgan fingerprint density at radius 1 is 1.56 bits per heavy atom. The van der Waals surface area contributed by atoms with Crippen molar-refractivity contribution in [2.45, 2.75) is 32.7 Å². The molecule has 5 heteroatoms. The van der Waals surface area contributed by atoms with Crippen LogP contribution in [-0.2, 0) is 0 Å². The van der Waals surface area contributed by atoms with Crippen LogP contribution in [0.15, 0.2) is 5.38 Å². The van der Waals surface area contributed by atoms with Crippen LogP contribution in [0.1, 0.15) is 37.2 Å². The van der Waals surface area contributed by atoms with Gasteiger partial charge >= 0.3 is 0 Å². The average Bonchev–Trinajstić information content (AvgIpc) is 2.79. The maximum atomic E-state index is 11.8. The third kappa shape index (κ3) is 2.19. The minimum Gasteiger partial charge on any atom is -0.375 e. The first kappa shape index (κ1) is 11.4. The second-order valence-electron chi connectivity index (χ2n) is 4.56. The van der Waals surface area contributed by atoms with Gasteiger partial charge in [0.1, 0.15) is 5.69 Å². The number of nitrogens with two attached hydrogens (primary N) is 1. The monoisotopic (exact) mass is 239 g/mol. The number of amides is 1. The van der Waals surface area contributed by atoms with Gasteiger partial charge in [-0.15, -0.1) is 11.3 Å². The van der Waals surface area contributed by atoms with Crippen LogP contribution < -0.4 is 11.1 Å². The molecule has 1 fully saturated rings.